The van der Waals surface area contributed by atoms with Crippen molar-refractivity contribution >= 4 is 50.6 Å². The SMILES string of the molecule is COc1c(Cl)cccc1Nc1c(-c2ccnc3cnsc23)nn2c1C(=O)NCC2. The number of fused-ring (bicyclic) bond motifs is 2. The smallest absolute Gasteiger partial charge is 0.271 e. The van der Waals surface area contributed by atoms with Crippen molar-refractivity contribution < 1.29 is 9.53 Å². The van der Waals surface area contributed by atoms with Crippen LogP contribution in [0.15, 0.2) is 36.7 Å². The predicted molar refractivity (Wildman–Crippen MR) is 112 cm³/mol. The largest absolute Gasteiger partial charge is 0.493 e. The van der Waals surface area contributed by atoms with Gasteiger partial charge in [-0.1, -0.05) is 17.7 Å². The lowest BCUT2D eigenvalue weighted by Crippen LogP contribution is -2.35. The van der Waals surface area contributed by atoms with Gasteiger partial charge < -0.3 is 15.4 Å². The van der Waals surface area contributed by atoms with Crippen LogP contribution < -0.4 is 15.4 Å². The molecule has 0 unspecified atom stereocenters. The summed E-state index contributed by atoms with van der Waals surface area (Å²) in [5.41, 5.74) is 3.98. The van der Waals surface area contributed by atoms with E-state index in [1.807, 2.05) is 18.2 Å². The highest BCUT2D eigenvalue weighted by molar-refractivity contribution is 7.13. The molecular formula is C19H15ClN6O2S. The van der Waals surface area contributed by atoms with Crippen molar-refractivity contribution in [1.29, 1.82) is 0 Å². The number of rotatable bonds is 4. The van der Waals surface area contributed by atoms with E-state index >= 15 is 0 Å². The van der Waals surface area contributed by atoms with Crippen LogP contribution in [0.2, 0.25) is 5.02 Å². The van der Waals surface area contributed by atoms with Crippen LogP contribution in [0, 0.1) is 0 Å². The van der Waals surface area contributed by atoms with Crippen LogP contribution in [-0.2, 0) is 6.54 Å². The Morgan fingerprint density at radius 2 is 2.24 bits per heavy atom. The van der Waals surface area contributed by atoms with Gasteiger partial charge >= 0.3 is 0 Å². The third-order valence-corrected chi connectivity index (χ3v) is 5.83. The highest BCUT2D eigenvalue weighted by Gasteiger charge is 2.29. The number of aromatic nitrogens is 4. The molecule has 0 spiro atoms. The van der Waals surface area contributed by atoms with Crippen LogP contribution in [0.5, 0.6) is 5.75 Å². The number of nitrogens with zero attached hydrogens (tertiary/aromatic N) is 4. The minimum Gasteiger partial charge on any atom is -0.493 e. The molecule has 2 N–H and O–H groups in total. The van der Waals surface area contributed by atoms with E-state index < -0.39 is 0 Å². The molecular weight excluding hydrogens is 412 g/mol. The van der Waals surface area contributed by atoms with Crippen molar-refractivity contribution in [2.24, 2.45) is 0 Å². The molecule has 0 aliphatic carbocycles. The Morgan fingerprint density at radius 3 is 3.10 bits per heavy atom. The van der Waals surface area contributed by atoms with Gasteiger partial charge in [0.25, 0.3) is 5.91 Å². The van der Waals surface area contributed by atoms with Crippen LogP contribution >= 0.6 is 23.1 Å². The van der Waals surface area contributed by atoms with Crippen LogP contribution in [0.1, 0.15) is 10.5 Å². The summed E-state index contributed by atoms with van der Waals surface area (Å²) in [5.74, 6) is 0.307. The first-order valence-electron chi connectivity index (χ1n) is 8.85. The standard InChI is InChI=1S/C19H15ClN6O2S/c1-28-17-11(20)3-2-4-12(17)24-15-14(25-26-8-7-22-19(27)16(15)26)10-5-6-21-13-9-23-29-18(10)13/h2-6,9,24H,7-8H2,1H3,(H,22,27). The van der Waals surface area contributed by atoms with Gasteiger partial charge in [0.2, 0.25) is 0 Å². The summed E-state index contributed by atoms with van der Waals surface area (Å²) in [4.78, 5) is 17.0. The summed E-state index contributed by atoms with van der Waals surface area (Å²) < 4.78 is 12.3. The number of halogens is 1. The van der Waals surface area contributed by atoms with Crippen molar-refractivity contribution in [1.82, 2.24) is 24.5 Å². The average Bonchev–Trinajstić information content (AvgIpc) is 3.34. The number of methoxy groups -OCH3 is 1. The Morgan fingerprint density at radius 1 is 1.34 bits per heavy atom. The average molecular weight is 427 g/mol. The molecule has 29 heavy (non-hydrogen) atoms. The summed E-state index contributed by atoms with van der Waals surface area (Å²) >= 11 is 7.63. The molecule has 0 bridgehead atoms. The zero-order chi connectivity index (χ0) is 20.0. The molecule has 1 aliphatic rings. The zero-order valence-electron chi connectivity index (χ0n) is 15.3. The van der Waals surface area contributed by atoms with Crippen LogP contribution in [0.3, 0.4) is 0 Å². The van der Waals surface area contributed by atoms with E-state index in [1.165, 1.54) is 11.5 Å². The minimum atomic E-state index is -0.187. The number of pyridine rings is 1. The lowest BCUT2D eigenvalue weighted by atomic mass is 10.1. The molecule has 4 heterocycles. The highest BCUT2D eigenvalue weighted by atomic mass is 35.5. The Labute approximate surface area is 174 Å². The summed E-state index contributed by atoms with van der Waals surface area (Å²) in [6, 6.07) is 7.29. The summed E-state index contributed by atoms with van der Waals surface area (Å²) in [5, 5.41) is 11.4. The quantitative estimate of drug-likeness (QED) is 0.516. The van der Waals surface area contributed by atoms with Crippen molar-refractivity contribution in [2.45, 2.75) is 6.54 Å². The summed E-state index contributed by atoms with van der Waals surface area (Å²) in [6.45, 7) is 1.11. The van der Waals surface area contributed by atoms with Gasteiger partial charge in [-0.3, -0.25) is 14.5 Å². The lowest BCUT2D eigenvalue weighted by molar-refractivity contribution is 0.0925. The van der Waals surface area contributed by atoms with E-state index in [1.54, 1.807) is 30.3 Å². The van der Waals surface area contributed by atoms with E-state index in [0.717, 1.165) is 15.8 Å². The normalized spacial score (nSPS) is 13.2. The molecule has 0 saturated carbocycles. The number of benzene rings is 1. The van der Waals surface area contributed by atoms with Crippen molar-refractivity contribution in [2.75, 3.05) is 19.0 Å². The van der Waals surface area contributed by atoms with Gasteiger partial charge in [0, 0.05) is 18.3 Å². The Bertz CT molecular complexity index is 1250. The third kappa shape index (κ3) is 2.90. The van der Waals surface area contributed by atoms with Crippen molar-refractivity contribution in [3.63, 3.8) is 0 Å². The Hall–Kier alpha value is -3.17. The van der Waals surface area contributed by atoms with Gasteiger partial charge in [-0.2, -0.15) is 9.47 Å². The second-order valence-electron chi connectivity index (χ2n) is 6.40. The molecule has 146 valence electrons. The number of para-hydroxylation sites is 1. The highest BCUT2D eigenvalue weighted by Crippen LogP contribution is 2.41. The molecule has 0 atom stereocenters. The maximum atomic E-state index is 12.7. The number of carbonyl (C=O) groups excluding carboxylic acids is 1. The molecule has 0 radical (unpaired) electrons. The summed E-state index contributed by atoms with van der Waals surface area (Å²) in [6.07, 6.45) is 3.44. The fourth-order valence-electron chi connectivity index (χ4n) is 3.44. The van der Waals surface area contributed by atoms with E-state index in [-0.39, 0.29) is 5.91 Å². The number of anilines is 2. The maximum Gasteiger partial charge on any atom is 0.271 e. The lowest BCUT2D eigenvalue weighted by Gasteiger charge is -2.17. The third-order valence-electron chi connectivity index (χ3n) is 4.71. The first-order chi connectivity index (χ1) is 14.2. The Kier molecular flexibility index (Phi) is 4.33. The van der Waals surface area contributed by atoms with Crippen molar-refractivity contribution in [3.05, 3.63) is 47.4 Å². The number of carbonyl (C=O) groups is 1. The van der Waals surface area contributed by atoms with Gasteiger partial charge in [-0.05, 0) is 29.7 Å². The molecule has 10 heteroatoms. The van der Waals surface area contributed by atoms with E-state index in [9.17, 15) is 4.79 Å². The number of hydrogen-bond acceptors (Lipinski definition) is 7. The van der Waals surface area contributed by atoms with Crippen LogP contribution in [0.25, 0.3) is 21.5 Å². The number of amides is 1. The van der Waals surface area contributed by atoms with Crippen LogP contribution in [0.4, 0.5) is 11.4 Å². The maximum absolute atomic E-state index is 12.7. The van der Waals surface area contributed by atoms with Crippen LogP contribution in [-0.4, -0.2) is 38.7 Å². The second-order valence-corrected chi connectivity index (χ2v) is 7.60. The molecule has 4 aromatic rings. The molecule has 1 aromatic carbocycles. The van der Waals surface area contributed by atoms with Gasteiger partial charge in [0.15, 0.2) is 5.75 Å². The van der Waals surface area contributed by atoms with E-state index in [2.05, 4.69) is 20.0 Å². The molecule has 3 aromatic heterocycles. The Balaban J connectivity index is 1.74. The zero-order valence-corrected chi connectivity index (χ0v) is 16.8. The fourth-order valence-corrected chi connectivity index (χ4v) is 4.41. The summed E-state index contributed by atoms with van der Waals surface area (Å²) in [7, 11) is 1.55. The predicted octanol–water partition coefficient (Wildman–Crippen LogP) is 3.70. The minimum absolute atomic E-state index is 0.187. The second kappa shape index (κ2) is 7.02. The topological polar surface area (TPSA) is 94.0 Å². The van der Waals surface area contributed by atoms with Gasteiger partial charge in [0.05, 0.1) is 40.9 Å². The molecule has 0 saturated heterocycles. The van der Waals surface area contributed by atoms with Crippen molar-refractivity contribution in [3.8, 4) is 17.0 Å². The van der Waals surface area contributed by atoms with Gasteiger partial charge in [-0.25, -0.2) is 0 Å². The first kappa shape index (κ1) is 17.9. The monoisotopic (exact) mass is 426 g/mol. The number of nitrogens with one attached hydrogen (secondary N) is 2. The van der Waals surface area contributed by atoms with Gasteiger partial charge in [-0.15, -0.1) is 0 Å². The number of ether oxygens (including phenoxy) is 1. The fraction of sp³-hybridized carbons (Fsp3) is 0.158. The van der Waals surface area contributed by atoms with E-state index in [0.29, 0.717) is 46.6 Å². The first-order valence-corrected chi connectivity index (χ1v) is 10.0. The van der Waals surface area contributed by atoms with Gasteiger partial charge in [0.1, 0.15) is 16.9 Å². The molecule has 1 amide bonds. The van der Waals surface area contributed by atoms with E-state index in [4.69, 9.17) is 21.4 Å². The number of hydrogen-bond donors (Lipinski definition) is 2. The molecule has 8 nitrogen and oxygen atoms in total. The molecule has 5 rings (SSSR count). The molecule has 0 fully saturated rings. The molecule has 1 aliphatic heterocycles.